The lowest BCUT2D eigenvalue weighted by atomic mass is 9.98. The van der Waals surface area contributed by atoms with Crippen LogP contribution in [0.15, 0.2) is 67.0 Å². The van der Waals surface area contributed by atoms with Crippen LogP contribution in [0, 0.1) is 6.92 Å². The molecule has 0 aliphatic carbocycles. The number of ether oxygens (including phenoxy) is 1. The number of fused-ring (bicyclic) bond motifs is 1. The van der Waals surface area contributed by atoms with Gasteiger partial charge in [0, 0.05) is 59.6 Å². The van der Waals surface area contributed by atoms with Crippen molar-refractivity contribution in [2.45, 2.75) is 32.9 Å². The first kappa shape index (κ1) is 25.2. The Morgan fingerprint density at radius 2 is 1.54 bits per heavy atom. The fourth-order valence-electron chi connectivity index (χ4n) is 5.47. The van der Waals surface area contributed by atoms with Crippen molar-refractivity contribution in [2.75, 3.05) is 31.4 Å². The Hall–Kier alpha value is -3.49. The van der Waals surface area contributed by atoms with Crippen LogP contribution in [0.25, 0.3) is 33.2 Å². The molecule has 0 amide bonds. The number of piperazine rings is 1. The summed E-state index contributed by atoms with van der Waals surface area (Å²) in [4.78, 5) is 11.7. The van der Waals surface area contributed by atoms with Crippen LogP contribution in [0.4, 0.5) is 5.82 Å². The summed E-state index contributed by atoms with van der Waals surface area (Å²) in [6.45, 7) is 7.14. The molecule has 37 heavy (non-hydrogen) atoms. The number of sulfonamides is 1. The number of nitrogens with zero attached hydrogens (tertiary/aromatic N) is 4. The first-order chi connectivity index (χ1) is 17.7. The SMILES string of the molecule is COc1c(-c2ccc(N3C[C@@H](C)N(S(C)(=O)=O)[C@@H](C)C3)nc2)cnc2c(-c3ccc(C)cc3)cccc12. The highest BCUT2D eigenvalue weighted by Gasteiger charge is 2.35. The molecule has 5 rings (SSSR count). The van der Waals surface area contributed by atoms with Crippen molar-refractivity contribution in [1.82, 2.24) is 14.3 Å². The molecule has 2 aromatic heterocycles. The molecule has 2 aromatic carbocycles. The maximum atomic E-state index is 12.2. The molecule has 2 atom stereocenters. The van der Waals surface area contributed by atoms with E-state index in [1.807, 2.05) is 50.5 Å². The average molecular weight is 517 g/mol. The molecule has 0 N–H and O–H groups in total. The van der Waals surface area contributed by atoms with Gasteiger partial charge in [0.15, 0.2) is 0 Å². The molecule has 1 fully saturated rings. The Morgan fingerprint density at radius 1 is 0.865 bits per heavy atom. The normalized spacial score (nSPS) is 18.8. The molecule has 1 saturated heterocycles. The van der Waals surface area contributed by atoms with Crippen molar-refractivity contribution in [3.05, 3.63) is 72.6 Å². The molecule has 1 aliphatic rings. The van der Waals surface area contributed by atoms with Crippen molar-refractivity contribution in [1.29, 1.82) is 0 Å². The van der Waals surface area contributed by atoms with E-state index in [1.165, 1.54) is 11.8 Å². The van der Waals surface area contributed by atoms with Gasteiger partial charge in [0.25, 0.3) is 0 Å². The van der Waals surface area contributed by atoms with Crippen LogP contribution >= 0.6 is 0 Å². The fourth-order valence-corrected chi connectivity index (χ4v) is 6.91. The van der Waals surface area contributed by atoms with Gasteiger partial charge in [0.2, 0.25) is 10.0 Å². The zero-order valence-corrected chi connectivity index (χ0v) is 22.7. The van der Waals surface area contributed by atoms with E-state index in [4.69, 9.17) is 14.7 Å². The lowest BCUT2D eigenvalue weighted by molar-refractivity contribution is 0.242. The van der Waals surface area contributed by atoms with Gasteiger partial charge in [-0.2, -0.15) is 4.31 Å². The van der Waals surface area contributed by atoms with Crippen LogP contribution in [0.2, 0.25) is 0 Å². The minimum atomic E-state index is -3.26. The number of hydrogen-bond acceptors (Lipinski definition) is 6. The molecule has 8 heteroatoms. The highest BCUT2D eigenvalue weighted by Crippen LogP contribution is 2.39. The molecule has 0 bridgehead atoms. The zero-order chi connectivity index (χ0) is 26.3. The average Bonchev–Trinajstić information content (AvgIpc) is 2.87. The third kappa shape index (κ3) is 4.79. The molecule has 0 saturated carbocycles. The topological polar surface area (TPSA) is 75.6 Å². The number of benzene rings is 2. The van der Waals surface area contributed by atoms with Gasteiger partial charge in [-0.15, -0.1) is 0 Å². The van der Waals surface area contributed by atoms with E-state index in [1.54, 1.807) is 11.4 Å². The van der Waals surface area contributed by atoms with Crippen molar-refractivity contribution >= 4 is 26.7 Å². The highest BCUT2D eigenvalue weighted by molar-refractivity contribution is 7.88. The number of pyridine rings is 2. The summed E-state index contributed by atoms with van der Waals surface area (Å²) in [5.41, 5.74) is 6.07. The Labute approximate surface area is 218 Å². The van der Waals surface area contributed by atoms with Crippen molar-refractivity contribution < 1.29 is 13.2 Å². The summed E-state index contributed by atoms with van der Waals surface area (Å²) in [6.07, 6.45) is 4.96. The molecule has 4 aromatic rings. The summed E-state index contributed by atoms with van der Waals surface area (Å²) in [5, 5.41) is 0.946. The van der Waals surface area contributed by atoms with Crippen molar-refractivity contribution in [2.24, 2.45) is 0 Å². The lowest BCUT2D eigenvalue weighted by Crippen LogP contribution is -2.58. The fraction of sp³-hybridized carbons (Fsp3) is 0.310. The predicted molar refractivity (Wildman–Crippen MR) is 150 cm³/mol. The minimum Gasteiger partial charge on any atom is -0.495 e. The predicted octanol–water partition coefficient (Wildman–Crippen LogP) is 5.14. The van der Waals surface area contributed by atoms with Gasteiger partial charge in [-0.3, -0.25) is 4.98 Å². The smallest absolute Gasteiger partial charge is 0.211 e. The van der Waals surface area contributed by atoms with E-state index in [0.29, 0.717) is 13.1 Å². The molecule has 0 unspecified atom stereocenters. The maximum absolute atomic E-state index is 12.2. The highest BCUT2D eigenvalue weighted by atomic mass is 32.2. The molecule has 0 radical (unpaired) electrons. The Balaban J connectivity index is 1.47. The number of methoxy groups -OCH3 is 1. The number of aryl methyl sites for hydroxylation is 1. The lowest BCUT2D eigenvalue weighted by Gasteiger charge is -2.43. The van der Waals surface area contributed by atoms with Gasteiger partial charge >= 0.3 is 0 Å². The van der Waals surface area contributed by atoms with Gasteiger partial charge in [0.05, 0.1) is 18.9 Å². The van der Waals surface area contributed by atoms with E-state index in [0.717, 1.165) is 44.7 Å². The molecular formula is C29H32N4O3S. The number of para-hydroxylation sites is 1. The summed E-state index contributed by atoms with van der Waals surface area (Å²) < 4.78 is 31.9. The first-order valence-electron chi connectivity index (χ1n) is 12.4. The van der Waals surface area contributed by atoms with Crippen LogP contribution in [0.1, 0.15) is 19.4 Å². The van der Waals surface area contributed by atoms with E-state index < -0.39 is 10.0 Å². The van der Waals surface area contributed by atoms with Crippen molar-refractivity contribution in [3.8, 4) is 28.0 Å². The number of aromatic nitrogens is 2. The number of rotatable bonds is 5. The minimum absolute atomic E-state index is 0.132. The largest absolute Gasteiger partial charge is 0.495 e. The monoisotopic (exact) mass is 516 g/mol. The Morgan fingerprint density at radius 3 is 2.14 bits per heavy atom. The van der Waals surface area contributed by atoms with Gasteiger partial charge in [-0.05, 0) is 44.5 Å². The summed E-state index contributed by atoms with van der Waals surface area (Å²) in [7, 11) is -1.57. The molecule has 192 valence electrons. The first-order valence-corrected chi connectivity index (χ1v) is 14.2. The quantitative estimate of drug-likeness (QED) is 0.366. The van der Waals surface area contributed by atoms with Crippen LogP contribution in [-0.2, 0) is 10.0 Å². The van der Waals surface area contributed by atoms with E-state index in [-0.39, 0.29) is 12.1 Å². The molecule has 7 nitrogen and oxygen atoms in total. The van der Waals surface area contributed by atoms with E-state index in [2.05, 4.69) is 42.2 Å². The van der Waals surface area contributed by atoms with Gasteiger partial charge < -0.3 is 9.64 Å². The van der Waals surface area contributed by atoms with E-state index >= 15 is 0 Å². The van der Waals surface area contributed by atoms with Gasteiger partial charge in [-0.25, -0.2) is 13.4 Å². The summed E-state index contributed by atoms with van der Waals surface area (Å²) in [5.74, 6) is 1.59. The number of hydrogen-bond donors (Lipinski definition) is 0. The standard InChI is InChI=1S/C29H32N4O3S/c1-19-9-11-22(12-10-19)24-7-6-8-25-28(24)31-16-26(29(25)36-4)23-13-14-27(30-15-23)32-17-20(2)33(21(3)18-32)37(5,34)35/h6-16,20-21H,17-18H2,1-5H3/t20-,21+. The van der Waals surface area contributed by atoms with Crippen molar-refractivity contribution in [3.63, 3.8) is 0 Å². The van der Waals surface area contributed by atoms with Crippen LogP contribution in [-0.4, -0.2) is 61.2 Å². The van der Waals surface area contributed by atoms with E-state index in [9.17, 15) is 8.42 Å². The molecular weight excluding hydrogens is 484 g/mol. The zero-order valence-electron chi connectivity index (χ0n) is 21.8. The molecule has 3 heterocycles. The third-order valence-corrected chi connectivity index (χ3v) is 8.50. The summed E-state index contributed by atoms with van der Waals surface area (Å²) in [6, 6.07) is 18.3. The maximum Gasteiger partial charge on any atom is 0.211 e. The molecule has 0 spiro atoms. The Bertz CT molecular complexity index is 1520. The van der Waals surface area contributed by atoms with Crippen LogP contribution in [0.5, 0.6) is 5.75 Å². The van der Waals surface area contributed by atoms with Gasteiger partial charge in [-0.1, -0.05) is 42.0 Å². The number of anilines is 1. The second kappa shape index (κ2) is 9.76. The van der Waals surface area contributed by atoms with Crippen LogP contribution in [0.3, 0.4) is 0 Å². The van der Waals surface area contributed by atoms with Crippen LogP contribution < -0.4 is 9.64 Å². The Kier molecular flexibility index (Phi) is 6.64. The summed E-state index contributed by atoms with van der Waals surface area (Å²) >= 11 is 0. The van der Waals surface area contributed by atoms with Gasteiger partial charge in [0.1, 0.15) is 11.6 Å². The second-order valence-corrected chi connectivity index (χ2v) is 11.8. The second-order valence-electron chi connectivity index (χ2n) is 9.87. The third-order valence-electron chi connectivity index (χ3n) is 7.02. The molecule has 1 aliphatic heterocycles.